The van der Waals surface area contributed by atoms with Crippen LogP contribution in [0.4, 0.5) is 14.6 Å². The highest BCUT2D eigenvalue weighted by Gasteiger charge is 2.61. The first-order chi connectivity index (χ1) is 11.5. The van der Waals surface area contributed by atoms with Crippen LogP contribution in [0.3, 0.4) is 0 Å². The van der Waals surface area contributed by atoms with Crippen molar-refractivity contribution in [2.45, 2.75) is 50.2 Å². The molecule has 25 heavy (non-hydrogen) atoms. The van der Waals surface area contributed by atoms with Crippen molar-refractivity contribution in [3.8, 4) is 0 Å². The number of aliphatic hydroxyl groups is 1. The highest BCUT2D eigenvalue weighted by Crippen LogP contribution is 2.44. The van der Waals surface area contributed by atoms with E-state index in [2.05, 4.69) is 4.98 Å². The maximum absolute atomic E-state index is 14.5. The van der Waals surface area contributed by atoms with E-state index < -0.39 is 46.3 Å². The number of nitrogens with zero attached hydrogens (tertiary/aromatic N) is 2. The Labute approximate surface area is 142 Å². The molecule has 0 saturated carbocycles. The van der Waals surface area contributed by atoms with E-state index in [9.17, 15) is 27.1 Å². The molecule has 0 bridgehead atoms. The lowest BCUT2D eigenvalue weighted by atomic mass is 10.0. The van der Waals surface area contributed by atoms with Crippen molar-refractivity contribution in [1.82, 2.24) is 9.55 Å². The number of nitrogens with two attached hydrogens (primary N) is 1. The monoisotopic (exact) mass is 383 g/mol. The van der Waals surface area contributed by atoms with Crippen molar-refractivity contribution >= 4 is 15.9 Å². The minimum Gasteiger partial charge on any atom is -0.384 e. The molecule has 0 amide bonds. The van der Waals surface area contributed by atoms with Crippen LogP contribution in [0.25, 0.3) is 0 Å². The lowest BCUT2D eigenvalue weighted by molar-refractivity contribution is -0.141. The molecule has 142 valence electrons. The fourth-order valence-electron chi connectivity index (χ4n) is 2.60. The Hall–Kier alpha value is -1.63. The summed E-state index contributed by atoms with van der Waals surface area (Å²) in [7, 11) is -3.97. The van der Waals surface area contributed by atoms with Gasteiger partial charge in [-0.1, -0.05) is 13.3 Å². The normalized spacial score (nSPS) is 27.3. The number of nitrogen functional groups attached to an aromatic ring is 1. The van der Waals surface area contributed by atoms with Crippen LogP contribution in [0.15, 0.2) is 17.1 Å². The second kappa shape index (κ2) is 6.94. The molecular formula is C13H19F2N3O6S. The fourth-order valence-corrected chi connectivity index (χ4v) is 3.26. The minimum absolute atomic E-state index is 0.0481. The summed E-state index contributed by atoms with van der Waals surface area (Å²) in [5.74, 6) is -4.04. The Kier molecular flexibility index (Phi) is 5.47. The molecule has 1 aromatic heterocycles. The first-order valence-electron chi connectivity index (χ1n) is 7.41. The average molecular weight is 383 g/mol. The summed E-state index contributed by atoms with van der Waals surface area (Å²) in [6.45, 7) is 1.68. The Morgan fingerprint density at radius 2 is 2.20 bits per heavy atom. The van der Waals surface area contributed by atoms with E-state index in [0.717, 1.165) is 18.5 Å². The van der Waals surface area contributed by atoms with Gasteiger partial charge in [0.15, 0.2) is 6.10 Å². The van der Waals surface area contributed by atoms with Gasteiger partial charge in [0.25, 0.3) is 10.1 Å². The number of halogens is 2. The van der Waals surface area contributed by atoms with E-state index in [1.54, 1.807) is 6.92 Å². The molecule has 1 aliphatic heterocycles. The molecule has 2 heterocycles. The van der Waals surface area contributed by atoms with Crippen LogP contribution in [0.2, 0.25) is 0 Å². The molecular weight excluding hydrogens is 364 g/mol. The van der Waals surface area contributed by atoms with Gasteiger partial charge in [-0.2, -0.15) is 22.2 Å². The second-order valence-electron chi connectivity index (χ2n) is 5.74. The summed E-state index contributed by atoms with van der Waals surface area (Å²) in [6, 6.07) is 1.12. The van der Waals surface area contributed by atoms with Crippen molar-refractivity contribution in [1.29, 1.82) is 0 Å². The predicted octanol–water partition coefficient (Wildman–Crippen LogP) is -0.136. The van der Waals surface area contributed by atoms with Crippen molar-refractivity contribution < 1.29 is 31.2 Å². The number of anilines is 1. The van der Waals surface area contributed by atoms with Crippen molar-refractivity contribution in [2.24, 2.45) is 0 Å². The standard InChI is InChI=1S/C13H19F2N3O6S/c1-3-4-7(24-25(2,21)22)9-10(19)13(14,15)11(23-9)18-6-5-8(16)17-12(18)20/h5-7,9-11,19H,3-4H2,1-2H3,(H2,16,17,20)/t7?,9-,10-,11-/m1/s1. The zero-order chi connectivity index (χ0) is 19.0. The third kappa shape index (κ3) is 4.14. The van der Waals surface area contributed by atoms with E-state index in [4.69, 9.17) is 14.7 Å². The van der Waals surface area contributed by atoms with Gasteiger partial charge >= 0.3 is 11.6 Å². The van der Waals surface area contributed by atoms with Gasteiger partial charge in [-0.3, -0.25) is 8.75 Å². The first-order valence-corrected chi connectivity index (χ1v) is 9.23. The average Bonchev–Trinajstić information content (AvgIpc) is 2.69. The Morgan fingerprint density at radius 3 is 2.72 bits per heavy atom. The van der Waals surface area contributed by atoms with Gasteiger partial charge in [0.05, 0.1) is 6.26 Å². The van der Waals surface area contributed by atoms with Gasteiger partial charge in [0, 0.05) is 6.20 Å². The quantitative estimate of drug-likeness (QED) is 0.649. The van der Waals surface area contributed by atoms with Crippen molar-refractivity contribution in [3.05, 3.63) is 22.7 Å². The Balaban J connectivity index is 2.38. The molecule has 9 nitrogen and oxygen atoms in total. The van der Waals surface area contributed by atoms with Crippen LogP contribution in [-0.2, 0) is 19.0 Å². The van der Waals surface area contributed by atoms with E-state index in [-0.39, 0.29) is 12.2 Å². The number of rotatable bonds is 6. The summed E-state index contributed by atoms with van der Waals surface area (Å²) in [5.41, 5.74) is 4.23. The Morgan fingerprint density at radius 1 is 1.56 bits per heavy atom. The van der Waals surface area contributed by atoms with Gasteiger partial charge in [0.1, 0.15) is 18.0 Å². The SMILES string of the molecule is CCCC(OS(C)(=O)=O)[C@H]1O[C@@H](n2ccc(N)nc2=O)C(F)(F)[C@@H]1O. The van der Waals surface area contributed by atoms with Gasteiger partial charge in [0.2, 0.25) is 6.23 Å². The summed E-state index contributed by atoms with van der Waals surface area (Å²) < 4.78 is 62.1. The Bertz CT molecular complexity index is 784. The lowest BCUT2D eigenvalue weighted by Crippen LogP contribution is -2.44. The zero-order valence-corrected chi connectivity index (χ0v) is 14.3. The molecule has 4 atom stereocenters. The zero-order valence-electron chi connectivity index (χ0n) is 13.5. The predicted molar refractivity (Wildman–Crippen MR) is 82.4 cm³/mol. The van der Waals surface area contributed by atoms with E-state index >= 15 is 0 Å². The van der Waals surface area contributed by atoms with Crippen LogP contribution in [-0.4, -0.2) is 53.6 Å². The second-order valence-corrected chi connectivity index (χ2v) is 7.34. The van der Waals surface area contributed by atoms with Crippen LogP contribution in [0.1, 0.15) is 26.0 Å². The highest BCUT2D eigenvalue weighted by molar-refractivity contribution is 7.86. The maximum atomic E-state index is 14.5. The minimum atomic E-state index is -3.97. The summed E-state index contributed by atoms with van der Waals surface area (Å²) >= 11 is 0. The number of aromatic nitrogens is 2. The fraction of sp³-hybridized carbons (Fsp3) is 0.692. The van der Waals surface area contributed by atoms with Gasteiger partial charge in [-0.15, -0.1) is 0 Å². The molecule has 1 fully saturated rings. The molecule has 0 aliphatic carbocycles. The van der Waals surface area contributed by atoms with Gasteiger partial charge in [-0.05, 0) is 12.5 Å². The molecule has 12 heteroatoms. The van der Waals surface area contributed by atoms with Crippen LogP contribution in [0, 0.1) is 0 Å². The van der Waals surface area contributed by atoms with E-state index in [0.29, 0.717) is 11.0 Å². The smallest absolute Gasteiger partial charge is 0.351 e. The molecule has 1 saturated heterocycles. The molecule has 1 unspecified atom stereocenters. The molecule has 0 aromatic carbocycles. The van der Waals surface area contributed by atoms with Crippen LogP contribution >= 0.6 is 0 Å². The maximum Gasteiger partial charge on any atom is 0.351 e. The number of hydrogen-bond acceptors (Lipinski definition) is 8. The summed E-state index contributed by atoms with van der Waals surface area (Å²) in [4.78, 5) is 15.1. The summed E-state index contributed by atoms with van der Waals surface area (Å²) in [5, 5.41) is 9.98. The molecule has 1 aromatic rings. The number of aliphatic hydroxyl groups excluding tert-OH is 1. The molecule has 0 radical (unpaired) electrons. The number of hydrogen-bond donors (Lipinski definition) is 2. The molecule has 3 N–H and O–H groups in total. The number of alkyl halides is 2. The van der Waals surface area contributed by atoms with Crippen molar-refractivity contribution in [2.75, 3.05) is 12.0 Å². The topological polar surface area (TPSA) is 134 Å². The van der Waals surface area contributed by atoms with Crippen LogP contribution in [0.5, 0.6) is 0 Å². The van der Waals surface area contributed by atoms with Crippen molar-refractivity contribution in [3.63, 3.8) is 0 Å². The summed E-state index contributed by atoms with van der Waals surface area (Å²) in [6.07, 6.45) is -5.36. The van der Waals surface area contributed by atoms with Crippen LogP contribution < -0.4 is 11.4 Å². The molecule has 1 aliphatic rings. The van der Waals surface area contributed by atoms with Gasteiger partial charge in [-0.25, -0.2) is 4.79 Å². The molecule has 0 spiro atoms. The third-order valence-corrected chi connectivity index (χ3v) is 4.26. The lowest BCUT2D eigenvalue weighted by Gasteiger charge is -2.24. The third-order valence-electron chi connectivity index (χ3n) is 3.66. The van der Waals surface area contributed by atoms with E-state index in [1.165, 1.54) is 0 Å². The van der Waals surface area contributed by atoms with E-state index in [1.807, 2.05) is 0 Å². The first kappa shape index (κ1) is 19.7. The largest absolute Gasteiger partial charge is 0.384 e. The highest BCUT2D eigenvalue weighted by atomic mass is 32.2. The van der Waals surface area contributed by atoms with Gasteiger partial charge < -0.3 is 15.6 Å². The number of ether oxygens (including phenoxy) is 1. The molecule has 2 rings (SSSR count).